The van der Waals surface area contributed by atoms with Gasteiger partial charge < -0.3 is 24.6 Å². The van der Waals surface area contributed by atoms with Crippen molar-refractivity contribution in [3.63, 3.8) is 0 Å². The van der Waals surface area contributed by atoms with E-state index in [0.29, 0.717) is 28.8 Å². The molecule has 1 saturated heterocycles. The van der Waals surface area contributed by atoms with E-state index in [2.05, 4.69) is 16.8 Å². The third-order valence-corrected chi connectivity index (χ3v) is 10.1. The Morgan fingerprint density at radius 2 is 1.87 bits per heavy atom. The van der Waals surface area contributed by atoms with Crippen molar-refractivity contribution in [3.05, 3.63) is 29.8 Å². The van der Waals surface area contributed by atoms with Gasteiger partial charge in [-0.1, -0.05) is 12.7 Å². The molecule has 220 valence electrons. The van der Waals surface area contributed by atoms with Crippen molar-refractivity contribution in [2.45, 2.75) is 56.4 Å². The molecule has 0 unspecified atom stereocenters. The molecule has 1 aromatic carbocycles. The van der Waals surface area contributed by atoms with Gasteiger partial charge in [-0.25, -0.2) is 8.42 Å². The monoisotopic (exact) mass is 564 g/mol. The highest BCUT2D eigenvalue weighted by molar-refractivity contribution is 7.89. The molecule has 0 radical (unpaired) electrons. The van der Waals surface area contributed by atoms with Crippen LogP contribution in [0.5, 0.6) is 5.75 Å². The molecule has 0 aromatic heterocycles. The van der Waals surface area contributed by atoms with Crippen molar-refractivity contribution in [1.29, 1.82) is 0 Å². The van der Waals surface area contributed by atoms with Crippen molar-refractivity contribution in [3.8, 4) is 5.75 Å². The molecule has 1 aromatic rings. The average Bonchev–Trinajstić information content (AvgIpc) is 3.44. The van der Waals surface area contributed by atoms with Gasteiger partial charge in [0, 0.05) is 46.3 Å². The number of hydrogen-bond donors (Lipinski definition) is 1. The number of amides is 1. The lowest BCUT2D eigenvalue weighted by atomic mass is 9.85. The molecular weight excluding hydrogens is 516 g/mol. The largest absolute Gasteiger partial charge is 0.497 e. The third-order valence-electron chi connectivity index (χ3n) is 8.04. The van der Waals surface area contributed by atoms with Crippen LogP contribution in [-0.2, 0) is 19.6 Å². The fourth-order valence-corrected chi connectivity index (χ4v) is 7.13. The van der Waals surface area contributed by atoms with Crippen molar-refractivity contribution in [1.82, 2.24) is 19.4 Å². The minimum atomic E-state index is -3.76. The summed E-state index contributed by atoms with van der Waals surface area (Å²) in [5.41, 5.74) is 1.07. The Morgan fingerprint density at radius 1 is 1.18 bits per heavy atom. The number of likely N-dealkylation sites (tertiary alicyclic amines) is 1. The summed E-state index contributed by atoms with van der Waals surface area (Å²) in [6.07, 6.45) is 8.75. The number of carbonyl (C=O) groups is 1. The normalized spacial score (nSPS) is 20.3. The quantitative estimate of drug-likeness (QED) is 0.328. The fourth-order valence-electron chi connectivity index (χ4n) is 5.60. The molecule has 3 rings (SSSR count). The number of rotatable bonds is 15. The maximum Gasteiger partial charge on any atom is 0.248 e. The highest BCUT2D eigenvalue weighted by Gasteiger charge is 2.27. The molecule has 2 fully saturated rings. The van der Waals surface area contributed by atoms with Gasteiger partial charge in [0.2, 0.25) is 15.9 Å². The van der Waals surface area contributed by atoms with Crippen LogP contribution in [0.4, 0.5) is 0 Å². The molecule has 2 aliphatic rings. The number of methoxy groups -OCH3 is 1. The van der Waals surface area contributed by atoms with Crippen LogP contribution in [0, 0.1) is 12.8 Å². The molecular formula is C29H48N4O5S. The number of benzene rings is 1. The molecule has 1 amide bonds. The third kappa shape index (κ3) is 9.01. The van der Waals surface area contributed by atoms with E-state index < -0.39 is 10.0 Å². The maximum atomic E-state index is 13.2. The van der Waals surface area contributed by atoms with Gasteiger partial charge >= 0.3 is 0 Å². The minimum absolute atomic E-state index is 0.0583. The van der Waals surface area contributed by atoms with Crippen LogP contribution >= 0.6 is 0 Å². The van der Waals surface area contributed by atoms with Gasteiger partial charge in [0.05, 0.1) is 18.6 Å². The SMILES string of the molecule is C=Cc1cc(OC)cc(C)c1S(=O)(=O)N(C)CCOCC(=O)N(C)CC1CCC(NCCN2CCCC2)CC1. The number of hydrogen-bond acceptors (Lipinski definition) is 7. The maximum absolute atomic E-state index is 13.2. The van der Waals surface area contributed by atoms with E-state index in [0.717, 1.165) is 45.3 Å². The van der Waals surface area contributed by atoms with Gasteiger partial charge in [-0.2, -0.15) is 4.31 Å². The van der Waals surface area contributed by atoms with Gasteiger partial charge in [0.25, 0.3) is 0 Å². The Balaban J connectivity index is 1.35. The molecule has 1 aliphatic carbocycles. The van der Waals surface area contributed by atoms with E-state index in [-0.39, 0.29) is 30.6 Å². The summed E-state index contributed by atoms with van der Waals surface area (Å²) >= 11 is 0. The predicted molar refractivity (Wildman–Crippen MR) is 156 cm³/mol. The van der Waals surface area contributed by atoms with Gasteiger partial charge in [0.15, 0.2) is 0 Å². The summed E-state index contributed by atoms with van der Waals surface area (Å²) in [6, 6.07) is 3.94. The Labute approximate surface area is 235 Å². The standard InChI is InChI=1S/C29H48N4O5S/c1-6-25-20-27(37-5)19-23(2)29(25)39(35,36)32(4)17-18-38-22-28(34)31(3)21-24-9-11-26(12-10-24)30-13-16-33-14-7-8-15-33/h6,19-20,24,26,30H,1,7-18,21-22H2,2-5H3. The van der Waals surface area contributed by atoms with E-state index in [1.54, 1.807) is 24.0 Å². The highest BCUT2D eigenvalue weighted by atomic mass is 32.2. The summed E-state index contributed by atoms with van der Waals surface area (Å²) < 4.78 is 38.5. The number of likely N-dealkylation sites (N-methyl/N-ethyl adjacent to an activating group) is 2. The molecule has 10 heteroatoms. The van der Waals surface area contributed by atoms with Crippen LogP contribution in [-0.4, -0.2) is 108 Å². The van der Waals surface area contributed by atoms with Gasteiger partial charge in [-0.3, -0.25) is 4.79 Å². The van der Waals surface area contributed by atoms with E-state index in [1.807, 2.05) is 7.05 Å². The topological polar surface area (TPSA) is 91.4 Å². The number of carbonyl (C=O) groups excluding carboxylic acids is 1. The van der Waals surface area contributed by atoms with E-state index in [1.165, 1.54) is 50.5 Å². The summed E-state index contributed by atoms with van der Waals surface area (Å²) in [7, 11) is 1.11. The van der Waals surface area contributed by atoms with Crippen molar-refractivity contribution in [2.75, 3.05) is 73.7 Å². The first-order valence-corrected chi connectivity index (χ1v) is 15.6. The van der Waals surface area contributed by atoms with Gasteiger partial charge in [0.1, 0.15) is 12.4 Å². The van der Waals surface area contributed by atoms with Crippen LogP contribution in [0.2, 0.25) is 0 Å². The Morgan fingerprint density at radius 3 is 2.51 bits per heavy atom. The van der Waals surface area contributed by atoms with E-state index >= 15 is 0 Å². The second kappa shape index (κ2) is 15.1. The van der Waals surface area contributed by atoms with Crippen LogP contribution in [0.3, 0.4) is 0 Å². The molecule has 1 N–H and O–H groups in total. The highest BCUT2D eigenvalue weighted by Crippen LogP contribution is 2.29. The molecule has 9 nitrogen and oxygen atoms in total. The van der Waals surface area contributed by atoms with Gasteiger partial charge in [-0.15, -0.1) is 0 Å². The number of ether oxygens (including phenoxy) is 2. The molecule has 39 heavy (non-hydrogen) atoms. The zero-order valence-corrected chi connectivity index (χ0v) is 25.1. The van der Waals surface area contributed by atoms with Gasteiger partial charge in [-0.05, 0) is 87.7 Å². The Bertz CT molecular complexity index is 1050. The Kier molecular flexibility index (Phi) is 12.2. The zero-order chi connectivity index (χ0) is 28.4. The Hall–Kier alpha value is -1.98. The molecule has 0 bridgehead atoms. The lowest BCUT2D eigenvalue weighted by Crippen LogP contribution is -2.41. The molecule has 1 heterocycles. The van der Waals surface area contributed by atoms with Crippen LogP contribution in [0.15, 0.2) is 23.6 Å². The lowest BCUT2D eigenvalue weighted by molar-refractivity contribution is -0.135. The first-order chi connectivity index (χ1) is 18.6. The lowest BCUT2D eigenvalue weighted by Gasteiger charge is -2.32. The average molecular weight is 565 g/mol. The molecule has 0 atom stereocenters. The van der Waals surface area contributed by atoms with Crippen molar-refractivity contribution >= 4 is 22.0 Å². The second-order valence-corrected chi connectivity index (χ2v) is 12.9. The molecule has 0 spiro atoms. The summed E-state index contributed by atoms with van der Waals surface area (Å²) in [5.74, 6) is 1.01. The number of nitrogens with zero attached hydrogens (tertiary/aromatic N) is 3. The second-order valence-electron chi connectivity index (χ2n) is 10.9. The summed E-state index contributed by atoms with van der Waals surface area (Å²) in [5, 5.41) is 3.72. The number of nitrogens with one attached hydrogen (secondary N) is 1. The summed E-state index contributed by atoms with van der Waals surface area (Å²) in [6.45, 7) is 11.1. The molecule has 1 aliphatic heterocycles. The van der Waals surface area contributed by atoms with Crippen LogP contribution in [0.25, 0.3) is 6.08 Å². The number of sulfonamides is 1. The fraction of sp³-hybridized carbons (Fsp3) is 0.690. The van der Waals surface area contributed by atoms with Crippen molar-refractivity contribution < 1.29 is 22.7 Å². The van der Waals surface area contributed by atoms with E-state index in [9.17, 15) is 13.2 Å². The zero-order valence-electron chi connectivity index (χ0n) is 24.3. The predicted octanol–water partition coefficient (Wildman–Crippen LogP) is 2.99. The van der Waals surface area contributed by atoms with Crippen LogP contribution < -0.4 is 10.1 Å². The molecule has 1 saturated carbocycles. The van der Waals surface area contributed by atoms with E-state index in [4.69, 9.17) is 9.47 Å². The smallest absolute Gasteiger partial charge is 0.248 e. The number of aryl methyl sites for hydroxylation is 1. The van der Waals surface area contributed by atoms with Crippen molar-refractivity contribution in [2.24, 2.45) is 5.92 Å². The summed E-state index contributed by atoms with van der Waals surface area (Å²) in [4.78, 5) is 17.1. The van der Waals surface area contributed by atoms with Crippen LogP contribution in [0.1, 0.15) is 49.7 Å². The minimum Gasteiger partial charge on any atom is -0.497 e. The first kappa shape index (κ1) is 31.5. The first-order valence-electron chi connectivity index (χ1n) is 14.2.